The Labute approximate surface area is 361 Å². The van der Waals surface area contributed by atoms with Crippen molar-refractivity contribution in [2.24, 2.45) is 50.5 Å². The smallest absolute Gasteiger partial charge is 0.245 e. The molecule has 0 bridgehead atoms. The van der Waals surface area contributed by atoms with Gasteiger partial charge in [-0.15, -0.1) is 0 Å². The molecule has 0 aromatic carbocycles. The van der Waals surface area contributed by atoms with E-state index < -0.39 is 114 Å². The monoisotopic (exact) mass is 884 g/mol. The van der Waals surface area contributed by atoms with Crippen LogP contribution in [0.2, 0.25) is 0 Å². The van der Waals surface area contributed by atoms with Crippen molar-refractivity contribution in [2.45, 2.75) is 129 Å². The maximum absolute atomic E-state index is 13.8. The Morgan fingerprint density at radius 1 is 0.565 bits per heavy atom. The largest absolute Gasteiger partial charge is 0.391 e. The van der Waals surface area contributed by atoms with Crippen molar-refractivity contribution >= 4 is 65.1 Å². The molecule has 352 valence electrons. The highest BCUT2D eigenvalue weighted by atomic mass is 16.3. The first-order valence-corrected chi connectivity index (χ1v) is 20.4. The minimum atomic E-state index is -1.71. The Morgan fingerprint density at radius 2 is 1.02 bits per heavy atom. The Bertz CT molecular complexity index is 1600. The second-order valence-corrected chi connectivity index (χ2v) is 14.9. The van der Waals surface area contributed by atoms with E-state index in [0.717, 1.165) is 0 Å². The highest BCUT2D eigenvalue weighted by Crippen LogP contribution is 2.12. The van der Waals surface area contributed by atoms with Gasteiger partial charge in [0.25, 0.3) is 0 Å². The van der Waals surface area contributed by atoms with Crippen LogP contribution in [0, 0.1) is 11.8 Å². The van der Waals surface area contributed by atoms with E-state index in [1.807, 2.05) is 0 Å². The molecule has 0 radical (unpaired) electrons. The predicted octanol–water partition coefficient (Wildman–Crippen LogP) is -5.77. The van der Waals surface area contributed by atoms with Crippen molar-refractivity contribution in [1.29, 1.82) is 0 Å². The van der Waals surface area contributed by atoms with Crippen LogP contribution in [-0.4, -0.2) is 139 Å². The van der Waals surface area contributed by atoms with Crippen LogP contribution in [0.15, 0.2) is 9.98 Å². The summed E-state index contributed by atoms with van der Waals surface area (Å²) in [6.07, 6.45) is -1.66. The van der Waals surface area contributed by atoms with E-state index in [0.29, 0.717) is 6.42 Å². The van der Waals surface area contributed by atoms with E-state index in [-0.39, 0.29) is 63.8 Å². The molecule has 8 atom stereocenters. The van der Waals surface area contributed by atoms with Gasteiger partial charge >= 0.3 is 0 Å². The van der Waals surface area contributed by atoms with Crippen LogP contribution in [0.3, 0.4) is 0 Å². The number of guanidine groups is 2. The zero-order valence-electron chi connectivity index (χ0n) is 36.7. The molecule has 25 heteroatoms. The topological polar surface area (TPSA) is 425 Å². The third kappa shape index (κ3) is 22.4. The summed E-state index contributed by atoms with van der Waals surface area (Å²) >= 11 is 0. The first-order chi connectivity index (χ1) is 28.9. The van der Waals surface area contributed by atoms with E-state index in [1.54, 1.807) is 34.6 Å². The maximum atomic E-state index is 13.8. The molecule has 19 N–H and O–H groups in total. The molecular weight excluding hydrogens is 815 g/mol. The fourth-order valence-corrected chi connectivity index (χ4v) is 5.62. The van der Waals surface area contributed by atoms with E-state index in [1.165, 1.54) is 13.8 Å². The van der Waals surface area contributed by atoms with E-state index in [2.05, 4.69) is 52.5 Å². The first-order valence-electron chi connectivity index (χ1n) is 20.4. The van der Waals surface area contributed by atoms with Gasteiger partial charge in [-0.05, 0) is 51.4 Å². The Balaban J connectivity index is 6.49. The number of aliphatic imine (C=N–C) groups is 2. The number of carbonyl (C=O) groups excluding carboxylic acids is 9. The lowest BCUT2D eigenvalue weighted by Crippen LogP contribution is -2.62. The third-order valence-electron chi connectivity index (χ3n) is 9.17. The summed E-state index contributed by atoms with van der Waals surface area (Å²) in [5.41, 5.74) is 27.0. The first kappa shape index (κ1) is 55.7. The van der Waals surface area contributed by atoms with Crippen molar-refractivity contribution in [3.8, 4) is 0 Å². The van der Waals surface area contributed by atoms with Gasteiger partial charge in [0.1, 0.15) is 36.3 Å². The second kappa shape index (κ2) is 29.1. The number of primary amides is 1. The van der Waals surface area contributed by atoms with Crippen LogP contribution in [0.1, 0.15) is 87.0 Å². The molecule has 9 amide bonds. The molecule has 0 aromatic rings. The number of aliphatic hydroxyl groups excluding tert-OH is 1. The lowest BCUT2D eigenvalue weighted by Gasteiger charge is -2.30. The van der Waals surface area contributed by atoms with Gasteiger partial charge in [0.05, 0.1) is 19.1 Å². The SMILES string of the molecule is CCNC(=O)[C@H](CCCN=C(N)N)NC(=O)[C@H](CC(N)=O)NC(=O)[C@H](CCCN=C(N)N)NC(=O)[C@@H](NC(=O)[C@H](NC(=O)[C@@H](NC(=O)CNC(C)=O)C(C)C)[C@@H](C)CC)[C@@H](C)O. The zero-order chi connectivity index (χ0) is 47.7. The molecule has 0 saturated heterocycles. The molecule has 25 nitrogen and oxygen atoms in total. The van der Waals surface area contributed by atoms with Crippen LogP contribution >= 0.6 is 0 Å². The number of nitrogens with zero attached hydrogens (tertiary/aromatic N) is 2. The lowest BCUT2D eigenvalue weighted by molar-refractivity contribution is -0.138. The molecule has 0 aliphatic heterocycles. The van der Waals surface area contributed by atoms with Crippen molar-refractivity contribution in [1.82, 2.24) is 42.5 Å². The van der Waals surface area contributed by atoms with Crippen LogP contribution < -0.4 is 71.2 Å². The molecule has 0 aromatic heterocycles. The van der Waals surface area contributed by atoms with Crippen LogP contribution in [-0.2, 0) is 43.2 Å². The molecule has 0 unspecified atom stereocenters. The summed E-state index contributed by atoms with van der Waals surface area (Å²) in [4.78, 5) is 125. The number of hydrogen-bond acceptors (Lipinski definition) is 12. The number of carbonyl (C=O) groups is 9. The summed E-state index contributed by atoms with van der Waals surface area (Å²) in [6.45, 7) is 10.8. The van der Waals surface area contributed by atoms with Crippen LogP contribution in [0.5, 0.6) is 0 Å². The number of hydrogen-bond donors (Lipinski definition) is 14. The molecule has 0 aliphatic rings. The Hall–Kier alpha value is -6.27. The van der Waals surface area contributed by atoms with Crippen LogP contribution in [0.4, 0.5) is 0 Å². The summed E-state index contributed by atoms with van der Waals surface area (Å²) in [6, 6.07) is -8.38. The average Bonchev–Trinajstić information content (AvgIpc) is 3.17. The van der Waals surface area contributed by atoms with Gasteiger partial charge in [0.2, 0.25) is 53.2 Å². The zero-order valence-corrected chi connectivity index (χ0v) is 36.7. The van der Waals surface area contributed by atoms with Gasteiger partial charge in [-0.1, -0.05) is 34.1 Å². The van der Waals surface area contributed by atoms with Crippen molar-refractivity contribution in [3.05, 3.63) is 0 Å². The summed E-state index contributed by atoms with van der Waals surface area (Å²) in [7, 11) is 0. The predicted molar refractivity (Wildman–Crippen MR) is 229 cm³/mol. The highest BCUT2D eigenvalue weighted by Gasteiger charge is 2.36. The molecular formula is C37H69N15O10. The molecule has 0 heterocycles. The summed E-state index contributed by atoms with van der Waals surface area (Å²) < 4.78 is 0. The van der Waals surface area contributed by atoms with Gasteiger partial charge in [0, 0.05) is 26.6 Å². The minimum absolute atomic E-state index is 0.000820. The van der Waals surface area contributed by atoms with E-state index >= 15 is 0 Å². The lowest BCUT2D eigenvalue weighted by atomic mass is 9.96. The molecule has 0 aliphatic carbocycles. The molecule has 0 rings (SSSR count). The number of likely N-dealkylation sites (N-methyl/N-ethyl adjacent to an activating group) is 1. The molecule has 0 spiro atoms. The fourth-order valence-electron chi connectivity index (χ4n) is 5.62. The quantitative estimate of drug-likeness (QED) is 0.0189. The molecule has 0 fully saturated rings. The standard InChI is InChI=1S/C37H69N15O10/c1-8-19(5)28(51-33(60)27(18(3)4)50-26(56)17-46-21(7)54)34(61)52-29(20(6)53)35(62)48-23(13-11-15-45-37(41)42)31(58)49-24(16-25(38)55)32(59)47-22(30(57)43-9-2)12-10-14-44-36(39)40/h18-20,22-24,27-29,53H,8-17H2,1-7H3,(H2,38,55)(H,43,57)(H,46,54)(H,47,59)(H,48,62)(H,49,58)(H,50,56)(H,51,60)(H,52,61)(H4,39,40,44)(H4,41,42,45)/t19-,20+,22-,23-,24-,27-,28+,29-/m0/s1. The fraction of sp³-hybridized carbons (Fsp3) is 0.703. The number of aliphatic hydroxyl groups is 1. The van der Waals surface area contributed by atoms with Gasteiger partial charge in [-0.3, -0.25) is 53.1 Å². The summed E-state index contributed by atoms with van der Waals surface area (Å²) in [5.74, 6) is -8.70. The van der Waals surface area contributed by atoms with Gasteiger partial charge in [0.15, 0.2) is 11.9 Å². The third-order valence-corrected chi connectivity index (χ3v) is 9.17. The Kier molecular flexibility index (Phi) is 26.1. The normalized spacial score (nSPS) is 14.7. The van der Waals surface area contributed by atoms with Gasteiger partial charge < -0.3 is 76.3 Å². The molecule has 62 heavy (non-hydrogen) atoms. The van der Waals surface area contributed by atoms with E-state index in [4.69, 9.17) is 28.7 Å². The van der Waals surface area contributed by atoms with Crippen LogP contribution in [0.25, 0.3) is 0 Å². The Morgan fingerprint density at radius 3 is 1.47 bits per heavy atom. The number of nitrogens with two attached hydrogens (primary N) is 5. The van der Waals surface area contributed by atoms with Crippen molar-refractivity contribution in [2.75, 3.05) is 26.2 Å². The summed E-state index contributed by atoms with van der Waals surface area (Å²) in [5, 5.41) is 30.6. The number of nitrogens with one attached hydrogen (secondary N) is 8. The maximum Gasteiger partial charge on any atom is 0.245 e. The number of amides is 9. The number of rotatable bonds is 29. The molecule has 0 saturated carbocycles. The van der Waals surface area contributed by atoms with Crippen molar-refractivity contribution in [3.63, 3.8) is 0 Å². The van der Waals surface area contributed by atoms with E-state index in [9.17, 15) is 48.3 Å². The van der Waals surface area contributed by atoms with Gasteiger partial charge in [-0.25, -0.2) is 0 Å². The van der Waals surface area contributed by atoms with Gasteiger partial charge in [-0.2, -0.15) is 0 Å². The van der Waals surface area contributed by atoms with Crippen molar-refractivity contribution < 1.29 is 48.3 Å². The average molecular weight is 884 g/mol. The minimum Gasteiger partial charge on any atom is -0.391 e. The highest BCUT2D eigenvalue weighted by molar-refractivity contribution is 5.98. The second-order valence-electron chi connectivity index (χ2n) is 14.9.